The van der Waals surface area contributed by atoms with Crippen molar-refractivity contribution in [3.8, 4) is 11.5 Å². The third kappa shape index (κ3) is 11.0. The molecule has 0 fully saturated rings. The lowest BCUT2D eigenvalue weighted by atomic mass is 10.1. The van der Waals surface area contributed by atoms with Crippen LogP contribution in [0, 0.1) is 0 Å². The van der Waals surface area contributed by atoms with Gasteiger partial charge in [0.05, 0.1) is 7.11 Å². The summed E-state index contributed by atoms with van der Waals surface area (Å²) < 4.78 is 11.0. The second kappa shape index (κ2) is 15.1. The molecule has 2 aromatic carbocycles. The monoisotopic (exact) mass is 512 g/mol. The molecule has 1 heterocycles. The summed E-state index contributed by atoms with van der Waals surface area (Å²) in [4.78, 5) is 35.4. The predicted molar refractivity (Wildman–Crippen MR) is 139 cm³/mol. The van der Waals surface area contributed by atoms with Crippen molar-refractivity contribution >= 4 is 22.8 Å². The number of hydrogen-bond acceptors (Lipinski definition) is 7. The Bertz CT molecular complexity index is 1240. The van der Waals surface area contributed by atoms with Gasteiger partial charge in [-0.2, -0.15) is 0 Å². The van der Waals surface area contributed by atoms with Crippen molar-refractivity contribution in [1.82, 2.24) is 9.88 Å². The minimum absolute atomic E-state index is 0.129. The number of ether oxygens (including phenoxy) is 2. The topological polar surface area (TPSA) is 149 Å². The number of carboxylic acids is 2. The number of benzene rings is 2. The van der Waals surface area contributed by atoms with Crippen LogP contribution in [0.15, 0.2) is 71.5 Å². The predicted octanol–water partition coefficient (Wildman–Crippen LogP) is 2.55. The average Bonchev–Trinajstić information content (AvgIpc) is 2.89. The van der Waals surface area contributed by atoms with E-state index in [1.54, 1.807) is 19.2 Å². The number of nitrogens with zero attached hydrogens (tertiary/aromatic N) is 1. The summed E-state index contributed by atoms with van der Waals surface area (Å²) in [5.74, 6) is -0.985. The molecule has 0 aliphatic heterocycles. The van der Waals surface area contributed by atoms with Crippen LogP contribution >= 0.6 is 0 Å². The summed E-state index contributed by atoms with van der Waals surface area (Å²) in [6.45, 7) is 4.55. The molecule has 3 aromatic rings. The number of aromatic nitrogens is 1. The molecule has 1 atom stereocenters. The molecule has 198 valence electrons. The zero-order chi connectivity index (χ0) is 27.2. The Hall–Kier alpha value is -4.15. The second-order valence-electron chi connectivity index (χ2n) is 8.04. The quantitative estimate of drug-likeness (QED) is 0.269. The number of fused-ring (bicyclic) bond motifs is 1. The van der Waals surface area contributed by atoms with E-state index in [9.17, 15) is 19.5 Å². The Balaban J connectivity index is 0.000000521. The van der Waals surface area contributed by atoms with Crippen molar-refractivity contribution in [2.75, 3.05) is 33.4 Å². The molecule has 0 saturated heterocycles. The molecule has 10 nitrogen and oxygen atoms in total. The van der Waals surface area contributed by atoms with Crippen LogP contribution < -0.4 is 15.0 Å². The number of methoxy groups -OCH3 is 1. The number of aliphatic carboxylic acids is 2. The first-order valence-corrected chi connectivity index (χ1v) is 11.6. The van der Waals surface area contributed by atoms with E-state index >= 15 is 0 Å². The van der Waals surface area contributed by atoms with Gasteiger partial charge in [0, 0.05) is 42.2 Å². The van der Waals surface area contributed by atoms with Gasteiger partial charge in [-0.25, -0.2) is 9.59 Å². The molecule has 4 N–H and O–H groups in total. The third-order valence-electron chi connectivity index (χ3n) is 5.27. The zero-order valence-corrected chi connectivity index (χ0v) is 20.8. The van der Waals surface area contributed by atoms with Gasteiger partial charge in [-0.15, -0.1) is 0 Å². The van der Waals surface area contributed by atoms with Crippen molar-refractivity contribution in [3.05, 3.63) is 82.7 Å². The first kappa shape index (κ1) is 29.1. The van der Waals surface area contributed by atoms with E-state index in [1.807, 2.05) is 30.3 Å². The molecule has 0 saturated carbocycles. The number of H-pyrrole nitrogens is 1. The molecule has 10 heteroatoms. The maximum atomic E-state index is 11.4. The van der Waals surface area contributed by atoms with Gasteiger partial charge >= 0.3 is 11.9 Å². The number of aromatic amines is 1. The molecule has 0 aliphatic rings. The Labute approximate surface area is 214 Å². The van der Waals surface area contributed by atoms with E-state index in [-0.39, 0.29) is 12.2 Å². The normalized spacial score (nSPS) is 11.7. The number of nitrogens with one attached hydrogen (secondary N) is 1. The molecule has 3 rings (SSSR count). The van der Waals surface area contributed by atoms with Gasteiger partial charge in [0.1, 0.15) is 24.2 Å². The lowest BCUT2D eigenvalue weighted by molar-refractivity contribution is -0.134. The molecule has 0 radical (unpaired) electrons. The summed E-state index contributed by atoms with van der Waals surface area (Å²) in [5.41, 5.74) is 1.85. The molecule has 1 unspecified atom stereocenters. The van der Waals surface area contributed by atoms with Gasteiger partial charge in [-0.3, -0.25) is 4.79 Å². The lowest BCUT2D eigenvalue weighted by Gasteiger charge is -2.23. The smallest absolute Gasteiger partial charge is 0.328 e. The SMILES string of the molecule is CCN(CCc1cccc(OC)c1)CC(O)COc1ccc2[nH]c(=O)ccc2c1.O=C(O)C=CC(=O)O. The second-order valence-corrected chi connectivity index (χ2v) is 8.04. The van der Waals surface area contributed by atoms with Crippen molar-refractivity contribution in [2.45, 2.75) is 19.4 Å². The van der Waals surface area contributed by atoms with Crippen LogP contribution in [0.1, 0.15) is 12.5 Å². The van der Waals surface area contributed by atoms with E-state index in [0.29, 0.717) is 24.4 Å². The van der Waals surface area contributed by atoms with Gasteiger partial charge in [0.25, 0.3) is 0 Å². The highest BCUT2D eigenvalue weighted by molar-refractivity contribution is 5.89. The van der Waals surface area contributed by atoms with Gasteiger partial charge < -0.3 is 34.7 Å². The highest BCUT2D eigenvalue weighted by Gasteiger charge is 2.12. The summed E-state index contributed by atoms with van der Waals surface area (Å²) in [6.07, 6.45) is 1.41. The number of carbonyl (C=O) groups is 2. The molecule has 0 aliphatic carbocycles. The fourth-order valence-electron chi connectivity index (χ4n) is 3.40. The molecule has 37 heavy (non-hydrogen) atoms. The first-order chi connectivity index (χ1) is 17.7. The Morgan fingerprint density at radius 2 is 1.76 bits per heavy atom. The van der Waals surface area contributed by atoms with Crippen molar-refractivity contribution in [2.24, 2.45) is 0 Å². The van der Waals surface area contributed by atoms with E-state index < -0.39 is 18.0 Å². The highest BCUT2D eigenvalue weighted by atomic mass is 16.5. The summed E-state index contributed by atoms with van der Waals surface area (Å²) in [6, 6.07) is 16.8. The van der Waals surface area contributed by atoms with Crippen LogP contribution in [0.2, 0.25) is 0 Å². The lowest BCUT2D eigenvalue weighted by Crippen LogP contribution is -2.36. The van der Waals surface area contributed by atoms with E-state index in [2.05, 4.69) is 22.9 Å². The maximum Gasteiger partial charge on any atom is 0.328 e. The summed E-state index contributed by atoms with van der Waals surface area (Å²) in [7, 11) is 1.67. The van der Waals surface area contributed by atoms with Crippen LogP contribution in [0.5, 0.6) is 11.5 Å². The number of pyridine rings is 1. The van der Waals surface area contributed by atoms with Crippen molar-refractivity contribution < 1.29 is 34.4 Å². The van der Waals surface area contributed by atoms with Crippen LogP contribution in [-0.4, -0.2) is 76.6 Å². The van der Waals surface area contributed by atoms with Gasteiger partial charge in [0.15, 0.2) is 0 Å². The van der Waals surface area contributed by atoms with Crippen LogP contribution in [0.3, 0.4) is 0 Å². The largest absolute Gasteiger partial charge is 0.497 e. The fourth-order valence-corrected chi connectivity index (χ4v) is 3.40. The number of likely N-dealkylation sites (N-methyl/N-ethyl adjacent to an activating group) is 1. The minimum atomic E-state index is -1.26. The van der Waals surface area contributed by atoms with Gasteiger partial charge in [0.2, 0.25) is 5.56 Å². The molecular formula is C27H32N2O8. The Morgan fingerprint density at radius 1 is 1.03 bits per heavy atom. The number of hydrogen-bond donors (Lipinski definition) is 4. The average molecular weight is 513 g/mol. The van der Waals surface area contributed by atoms with E-state index in [0.717, 1.165) is 36.2 Å². The van der Waals surface area contributed by atoms with Crippen molar-refractivity contribution in [3.63, 3.8) is 0 Å². The molecule has 0 amide bonds. The number of rotatable bonds is 12. The number of aliphatic hydroxyl groups is 1. The standard InChI is InChI=1S/C23H28N2O4.C4H4O4/c1-3-25(12-11-17-5-4-6-20(13-17)28-2)15-19(26)16-29-21-8-9-22-18(14-21)7-10-23(27)24-22;5-3(6)1-2-4(7)8/h4-10,13-14,19,26H,3,11-12,15-16H2,1-2H3,(H,24,27);1-2H,(H,5,6)(H,7,8). The Kier molecular flexibility index (Phi) is 11.8. The third-order valence-corrected chi connectivity index (χ3v) is 5.27. The van der Waals surface area contributed by atoms with Gasteiger partial charge in [-0.05, 0) is 54.9 Å². The Morgan fingerprint density at radius 3 is 2.41 bits per heavy atom. The zero-order valence-electron chi connectivity index (χ0n) is 20.8. The van der Waals surface area contributed by atoms with Crippen molar-refractivity contribution in [1.29, 1.82) is 0 Å². The van der Waals surface area contributed by atoms with Crippen LogP contribution in [0.25, 0.3) is 10.9 Å². The first-order valence-electron chi connectivity index (χ1n) is 11.6. The molecule has 0 spiro atoms. The van der Waals surface area contributed by atoms with E-state index in [1.165, 1.54) is 11.6 Å². The fraction of sp³-hybridized carbons (Fsp3) is 0.296. The summed E-state index contributed by atoms with van der Waals surface area (Å²) in [5, 5.41) is 26.9. The minimum Gasteiger partial charge on any atom is -0.497 e. The number of aliphatic hydroxyl groups excluding tert-OH is 1. The highest BCUT2D eigenvalue weighted by Crippen LogP contribution is 2.18. The summed E-state index contributed by atoms with van der Waals surface area (Å²) >= 11 is 0. The van der Waals surface area contributed by atoms with Gasteiger partial charge in [-0.1, -0.05) is 19.1 Å². The molecular weight excluding hydrogens is 480 g/mol. The van der Waals surface area contributed by atoms with E-state index in [4.69, 9.17) is 19.7 Å². The molecule has 0 bridgehead atoms. The maximum absolute atomic E-state index is 11.4. The number of carboxylic acid groups (broad SMARTS) is 2. The van der Waals surface area contributed by atoms with Crippen LogP contribution in [0.4, 0.5) is 0 Å². The van der Waals surface area contributed by atoms with Crippen LogP contribution in [-0.2, 0) is 16.0 Å². The molecule has 1 aromatic heterocycles.